The number of unbranched alkanes of at least 4 members (excludes halogenated alkanes) is 1. The molecule has 1 N–H and O–H groups in total. The molecule has 204 valence electrons. The van der Waals surface area contributed by atoms with Gasteiger partial charge in [0.25, 0.3) is 0 Å². The van der Waals surface area contributed by atoms with Crippen molar-refractivity contribution in [2.75, 3.05) is 6.61 Å². The van der Waals surface area contributed by atoms with Gasteiger partial charge in [0, 0.05) is 12.5 Å². The molecular weight excluding hydrogens is 440 g/mol. The number of hydrogen-bond acceptors (Lipinski definition) is 2. The van der Waals surface area contributed by atoms with Gasteiger partial charge in [-0.25, -0.2) is 0 Å². The van der Waals surface area contributed by atoms with Crippen LogP contribution in [0.2, 0.25) is 0 Å². The van der Waals surface area contributed by atoms with Crippen molar-refractivity contribution in [3.8, 4) is 0 Å². The van der Waals surface area contributed by atoms with Gasteiger partial charge in [-0.1, -0.05) is 64.5 Å². The van der Waals surface area contributed by atoms with Crippen molar-refractivity contribution in [1.29, 1.82) is 0 Å². The van der Waals surface area contributed by atoms with E-state index in [1.807, 2.05) is 0 Å². The predicted octanol–water partition coefficient (Wildman–Crippen LogP) is 8.64. The van der Waals surface area contributed by atoms with Crippen LogP contribution in [0, 0.1) is 71.0 Å². The topological polar surface area (TPSA) is 29.5 Å². The van der Waals surface area contributed by atoms with E-state index >= 15 is 0 Å². The Balaban J connectivity index is 1.25. The molecule has 0 heterocycles. The number of fused-ring (bicyclic) bond motifs is 6. The van der Waals surface area contributed by atoms with Crippen molar-refractivity contribution in [2.24, 2.45) is 71.0 Å². The molecule has 0 saturated heterocycles. The van der Waals surface area contributed by atoms with Crippen LogP contribution in [0.4, 0.5) is 0 Å². The van der Waals surface area contributed by atoms with Gasteiger partial charge in [0.2, 0.25) is 0 Å². The summed E-state index contributed by atoms with van der Waals surface area (Å²) in [5, 5.41) is 11.2. The van der Waals surface area contributed by atoms with E-state index in [2.05, 4.69) is 26.0 Å². The highest BCUT2D eigenvalue weighted by atomic mass is 16.6. The van der Waals surface area contributed by atoms with Crippen LogP contribution in [-0.2, 0) is 4.74 Å². The number of aliphatic hydroxyl groups excluding tert-OH is 1. The minimum Gasteiger partial charge on any atom is -0.368 e. The van der Waals surface area contributed by atoms with Crippen LogP contribution >= 0.6 is 0 Å². The van der Waals surface area contributed by atoms with Crippen LogP contribution in [0.1, 0.15) is 117 Å². The largest absolute Gasteiger partial charge is 0.368 e. The van der Waals surface area contributed by atoms with Gasteiger partial charge in [0.1, 0.15) is 0 Å². The SMILES string of the molecule is CCCCOC(O)C1CCCC2C(CC3C4CC=CC(CC)C4C4CCCC[C@H]34)C3CCCCC3C12. The van der Waals surface area contributed by atoms with Crippen LogP contribution in [0.15, 0.2) is 12.2 Å². The number of allylic oxidation sites excluding steroid dienone is 2. The second kappa shape index (κ2) is 11.4. The number of aliphatic hydroxyl groups is 1. The third-order valence-electron chi connectivity index (χ3n) is 13.0. The van der Waals surface area contributed by atoms with Gasteiger partial charge in [-0.05, 0) is 129 Å². The second-order valence-corrected chi connectivity index (χ2v) is 14.2. The third-order valence-corrected chi connectivity index (χ3v) is 13.0. The summed E-state index contributed by atoms with van der Waals surface area (Å²) in [6.45, 7) is 5.41. The summed E-state index contributed by atoms with van der Waals surface area (Å²) in [4.78, 5) is 0. The van der Waals surface area contributed by atoms with E-state index < -0.39 is 6.29 Å². The normalized spacial score (nSPS) is 48.6. The summed E-state index contributed by atoms with van der Waals surface area (Å²) in [7, 11) is 0. The van der Waals surface area contributed by atoms with E-state index in [4.69, 9.17) is 4.74 Å². The quantitative estimate of drug-likeness (QED) is 0.207. The number of ether oxygens (including phenoxy) is 1. The van der Waals surface area contributed by atoms with Gasteiger partial charge in [-0.2, -0.15) is 0 Å². The fourth-order valence-corrected chi connectivity index (χ4v) is 11.8. The zero-order chi connectivity index (χ0) is 24.6. The number of hydrogen-bond donors (Lipinski definition) is 1. The molecule has 0 amide bonds. The molecule has 0 spiro atoms. The summed E-state index contributed by atoms with van der Waals surface area (Å²) in [5.74, 6) is 10.6. The highest BCUT2D eigenvalue weighted by molar-refractivity contribution is 5.12. The first-order chi connectivity index (χ1) is 17.7. The van der Waals surface area contributed by atoms with Gasteiger partial charge in [-0.3, -0.25) is 0 Å². The van der Waals surface area contributed by atoms with E-state index in [0.717, 1.165) is 84.5 Å². The lowest BCUT2D eigenvalue weighted by Crippen LogP contribution is -2.39. The highest BCUT2D eigenvalue weighted by Gasteiger charge is 2.58. The van der Waals surface area contributed by atoms with Crippen molar-refractivity contribution in [3.05, 3.63) is 12.2 Å². The van der Waals surface area contributed by atoms with Gasteiger partial charge in [-0.15, -0.1) is 0 Å². The van der Waals surface area contributed by atoms with Gasteiger partial charge in [0.15, 0.2) is 6.29 Å². The maximum Gasteiger partial charge on any atom is 0.157 e. The minimum absolute atomic E-state index is 0.400. The van der Waals surface area contributed by atoms with Gasteiger partial charge >= 0.3 is 0 Å². The van der Waals surface area contributed by atoms with E-state index in [-0.39, 0.29) is 0 Å². The maximum absolute atomic E-state index is 11.2. The van der Waals surface area contributed by atoms with Crippen molar-refractivity contribution < 1.29 is 9.84 Å². The first kappa shape index (κ1) is 25.9. The molecule has 0 aliphatic heterocycles. The minimum atomic E-state index is -0.516. The first-order valence-electron chi connectivity index (χ1n) is 16.7. The fourth-order valence-electron chi connectivity index (χ4n) is 11.8. The lowest BCUT2D eigenvalue weighted by molar-refractivity contribution is -0.164. The standard InChI is InChI=1S/C34H56O2/c1-3-5-20-36-34(35)29-19-11-18-28-31(24-14-7-9-16-26(24)33(28)29)21-30-23-13-6-8-15-25(23)32-22(4-2)12-10-17-27(30)32/h10,12,22-35H,3-9,11,13-21H2,1-2H3/t22?,23-,24?,25?,26?,27?,28?,29?,30?,31?,32?,33?,34?/m0/s1. The zero-order valence-electron chi connectivity index (χ0n) is 23.5. The van der Waals surface area contributed by atoms with Crippen LogP contribution in [-0.4, -0.2) is 18.0 Å². The average molecular weight is 497 g/mol. The summed E-state index contributed by atoms with van der Waals surface area (Å²) < 4.78 is 6.09. The predicted molar refractivity (Wildman–Crippen MR) is 148 cm³/mol. The molecule has 36 heavy (non-hydrogen) atoms. The molecule has 0 aromatic rings. The molecule has 0 aromatic heterocycles. The van der Waals surface area contributed by atoms with E-state index in [1.54, 1.807) is 0 Å². The Morgan fingerprint density at radius 1 is 0.750 bits per heavy atom. The van der Waals surface area contributed by atoms with Crippen LogP contribution < -0.4 is 0 Å². The summed E-state index contributed by atoms with van der Waals surface area (Å²) >= 11 is 0. The van der Waals surface area contributed by atoms with E-state index in [9.17, 15) is 5.11 Å². The van der Waals surface area contributed by atoms with Crippen LogP contribution in [0.25, 0.3) is 0 Å². The Kier molecular flexibility index (Phi) is 8.21. The lowest BCUT2D eigenvalue weighted by atomic mass is 9.66. The lowest BCUT2D eigenvalue weighted by Gasteiger charge is -2.41. The summed E-state index contributed by atoms with van der Waals surface area (Å²) in [5.41, 5.74) is 0. The summed E-state index contributed by atoms with van der Waals surface area (Å²) in [6, 6.07) is 0. The van der Waals surface area contributed by atoms with Crippen molar-refractivity contribution in [1.82, 2.24) is 0 Å². The van der Waals surface area contributed by atoms with Gasteiger partial charge < -0.3 is 9.84 Å². The monoisotopic (exact) mass is 496 g/mol. The summed E-state index contributed by atoms with van der Waals surface area (Å²) in [6.07, 6.45) is 27.0. The Morgan fingerprint density at radius 2 is 1.39 bits per heavy atom. The Morgan fingerprint density at radius 3 is 2.08 bits per heavy atom. The first-order valence-corrected chi connectivity index (χ1v) is 16.7. The Hall–Kier alpha value is -0.340. The molecule has 0 aromatic carbocycles. The molecule has 6 rings (SSSR count). The molecule has 5 saturated carbocycles. The average Bonchev–Trinajstić information content (AvgIpc) is 3.42. The van der Waals surface area contributed by atoms with Crippen LogP contribution in [0.5, 0.6) is 0 Å². The van der Waals surface area contributed by atoms with Gasteiger partial charge in [0.05, 0.1) is 0 Å². The Labute approximate surface area is 222 Å². The molecule has 0 bridgehead atoms. The van der Waals surface area contributed by atoms with Crippen molar-refractivity contribution in [2.45, 2.75) is 123 Å². The molecule has 2 nitrogen and oxygen atoms in total. The smallest absolute Gasteiger partial charge is 0.157 e. The maximum atomic E-state index is 11.2. The van der Waals surface area contributed by atoms with E-state index in [1.165, 1.54) is 89.9 Å². The molecule has 2 heteroatoms. The molecule has 5 fully saturated rings. The highest BCUT2D eigenvalue weighted by Crippen LogP contribution is 2.65. The Bertz CT molecular complexity index is 745. The van der Waals surface area contributed by atoms with Crippen molar-refractivity contribution in [3.63, 3.8) is 0 Å². The second-order valence-electron chi connectivity index (χ2n) is 14.2. The van der Waals surface area contributed by atoms with E-state index in [0.29, 0.717) is 5.92 Å². The van der Waals surface area contributed by atoms with Crippen molar-refractivity contribution >= 4 is 0 Å². The molecule has 6 aliphatic rings. The molecule has 12 unspecified atom stereocenters. The number of rotatable bonds is 8. The molecular formula is C34H56O2. The third kappa shape index (κ3) is 4.57. The molecule has 13 atom stereocenters. The molecule has 6 aliphatic carbocycles. The fraction of sp³-hybridized carbons (Fsp3) is 0.941. The van der Waals surface area contributed by atoms with Crippen LogP contribution in [0.3, 0.4) is 0 Å². The molecule has 0 radical (unpaired) electrons. The zero-order valence-corrected chi connectivity index (χ0v) is 23.5.